The molecule has 0 aliphatic carbocycles. The highest BCUT2D eigenvalue weighted by molar-refractivity contribution is 6.25. The van der Waals surface area contributed by atoms with Gasteiger partial charge in [0.05, 0.1) is 5.92 Å². The normalized spacial score (nSPS) is 10.2. The van der Waals surface area contributed by atoms with Crippen LogP contribution in [-0.2, 0) is 4.79 Å². The Hall–Kier alpha value is -0.760. The number of rotatable bonds is 2. The van der Waals surface area contributed by atoms with Crippen molar-refractivity contribution in [3.05, 3.63) is 24.8 Å². The highest BCUT2D eigenvalue weighted by atomic mass is 35.5. The van der Waals surface area contributed by atoms with E-state index in [0.29, 0.717) is 0 Å². The van der Waals surface area contributed by atoms with Gasteiger partial charge in [-0.15, -0.1) is 6.58 Å². The topological polar surface area (TPSA) is 37.3 Å². The highest BCUT2D eigenvalue weighted by Gasteiger charge is 2.02. The van der Waals surface area contributed by atoms with Crippen LogP contribution in [0, 0.1) is 5.92 Å². The fraction of sp³-hybridized carbons (Fsp3) is 0.286. The summed E-state index contributed by atoms with van der Waals surface area (Å²) in [6.45, 7) is 8.01. The Morgan fingerprint density at radius 3 is 2.00 bits per heavy atom. The van der Waals surface area contributed by atoms with Crippen molar-refractivity contribution in [2.24, 2.45) is 5.92 Å². The number of carboxylic acid groups (broad SMARTS) is 1. The second kappa shape index (κ2) is 8.24. The lowest BCUT2D eigenvalue weighted by Crippen LogP contribution is -2.04. The minimum absolute atomic E-state index is 0.417. The molecule has 0 heterocycles. The van der Waals surface area contributed by atoms with Crippen LogP contribution in [0.3, 0.4) is 0 Å². The van der Waals surface area contributed by atoms with Crippen molar-refractivity contribution in [2.45, 2.75) is 6.92 Å². The molecule has 0 spiro atoms. The second-order valence-electron chi connectivity index (χ2n) is 1.52. The predicted molar refractivity (Wildman–Crippen MR) is 43.0 cm³/mol. The molecule has 0 rings (SSSR count). The molecule has 0 radical (unpaired) electrons. The molecule has 0 aromatic carbocycles. The summed E-state index contributed by atoms with van der Waals surface area (Å²) in [5, 5.41) is 8.11. The van der Waals surface area contributed by atoms with Crippen molar-refractivity contribution in [1.82, 2.24) is 0 Å². The van der Waals surface area contributed by atoms with Gasteiger partial charge in [-0.25, -0.2) is 0 Å². The van der Waals surface area contributed by atoms with Crippen LogP contribution < -0.4 is 0 Å². The molecule has 0 amide bonds. The monoisotopic (exact) mass is 162 g/mol. The first-order valence-electron chi connectivity index (χ1n) is 2.66. The molecule has 0 fully saturated rings. The molecule has 1 N–H and O–H groups in total. The first-order chi connectivity index (χ1) is 4.59. The van der Waals surface area contributed by atoms with Gasteiger partial charge in [0.2, 0.25) is 0 Å². The van der Waals surface area contributed by atoms with Gasteiger partial charge in [-0.1, -0.05) is 24.3 Å². The molecule has 58 valence electrons. The smallest absolute Gasteiger partial charge is 0.310 e. The summed E-state index contributed by atoms with van der Waals surface area (Å²) in [7, 11) is 0. The fourth-order valence-electron chi connectivity index (χ4n) is 0.101. The van der Waals surface area contributed by atoms with Crippen LogP contribution in [0.1, 0.15) is 6.92 Å². The van der Waals surface area contributed by atoms with Crippen LogP contribution in [0.4, 0.5) is 0 Å². The van der Waals surface area contributed by atoms with Gasteiger partial charge in [0, 0.05) is 0 Å². The Bertz CT molecular complexity index is 121. The van der Waals surface area contributed by atoms with E-state index in [0.717, 1.165) is 0 Å². The summed E-state index contributed by atoms with van der Waals surface area (Å²) in [5.74, 6) is -1.24. The molecule has 3 heteroatoms. The number of aliphatic carboxylic acids is 1. The molecular weight excluding hydrogens is 152 g/mol. The molecule has 0 saturated carbocycles. The second-order valence-corrected chi connectivity index (χ2v) is 1.83. The molecule has 1 unspecified atom stereocenters. The van der Waals surface area contributed by atoms with Crippen LogP contribution in [0.15, 0.2) is 24.8 Å². The fourth-order valence-corrected chi connectivity index (χ4v) is 0.101. The Morgan fingerprint density at radius 2 is 2.00 bits per heavy atom. The lowest BCUT2D eigenvalue weighted by molar-refractivity contribution is -0.139. The van der Waals surface area contributed by atoms with E-state index >= 15 is 0 Å². The minimum Gasteiger partial charge on any atom is -0.481 e. The van der Waals surface area contributed by atoms with Crippen LogP contribution in [0.2, 0.25) is 0 Å². The lowest BCUT2D eigenvalue weighted by atomic mass is 10.2. The van der Waals surface area contributed by atoms with E-state index in [1.165, 1.54) is 11.6 Å². The third kappa shape index (κ3) is 10.3. The maximum Gasteiger partial charge on any atom is 0.310 e. The van der Waals surface area contributed by atoms with Crippen LogP contribution in [-0.4, -0.2) is 11.1 Å². The van der Waals surface area contributed by atoms with Crippen molar-refractivity contribution in [1.29, 1.82) is 0 Å². The molecule has 1 atom stereocenters. The summed E-state index contributed by atoms with van der Waals surface area (Å²) in [6.07, 6.45) is 1.39. The van der Waals surface area contributed by atoms with Crippen molar-refractivity contribution < 1.29 is 9.90 Å². The molecular formula is C7H11ClO2. The Morgan fingerprint density at radius 1 is 1.70 bits per heavy atom. The van der Waals surface area contributed by atoms with Gasteiger partial charge in [0.25, 0.3) is 0 Å². The summed E-state index contributed by atoms with van der Waals surface area (Å²) in [5.41, 5.74) is 1.22. The molecule has 0 bridgehead atoms. The molecule has 0 aliphatic heterocycles. The first kappa shape index (κ1) is 12.0. The summed E-state index contributed by atoms with van der Waals surface area (Å²) in [4.78, 5) is 9.86. The lowest BCUT2D eigenvalue weighted by Gasteiger charge is -1.92. The van der Waals surface area contributed by atoms with Crippen LogP contribution in [0.5, 0.6) is 0 Å². The summed E-state index contributed by atoms with van der Waals surface area (Å²) in [6, 6.07) is 0. The van der Waals surface area contributed by atoms with Gasteiger partial charge < -0.3 is 5.11 Å². The van der Waals surface area contributed by atoms with Gasteiger partial charge >= 0.3 is 5.97 Å². The minimum atomic E-state index is -0.824. The van der Waals surface area contributed by atoms with Crippen LogP contribution >= 0.6 is 11.6 Å². The van der Waals surface area contributed by atoms with E-state index in [1.807, 2.05) is 0 Å². The molecule has 0 saturated heterocycles. The third-order valence-corrected chi connectivity index (χ3v) is 0.743. The largest absolute Gasteiger partial charge is 0.481 e. The number of hydrogen-bond acceptors (Lipinski definition) is 1. The maximum atomic E-state index is 9.86. The van der Waals surface area contributed by atoms with Gasteiger partial charge in [-0.3, -0.25) is 4.79 Å². The van der Waals surface area contributed by atoms with Crippen molar-refractivity contribution in [3.63, 3.8) is 0 Å². The van der Waals surface area contributed by atoms with Crippen molar-refractivity contribution in [3.8, 4) is 0 Å². The van der Waals surface area contributed by atoms with E-state index in [2.05, 4.69) is 13.2 Å². The molecule has 2 nitrogen and oxygen atoms in total. The molecule has 0 aromatic heterocycles. The quantitative estimate of drug-likeness (QED) is 0.633. The SMILES string of the molecule is C=CC(C)C(=O)O.C=CCl. The number of halogens is 1. The predicted octanol–water partition coefficient (Wildman–Crippen LogP) is 2.26. The Balaban J connectivity index is 0. The first-order valence-corrected chi connectivity index (χ1v) is 3.10. The van der Waals surface area contributed by atoms with E-state index < -0.39 is 11.9 Å². The molecule has 0 aliphatic rings. The van der Waals surface area contributed by atoms with E-state index in [-0.39, 0.29) is 0 Å². The zero-order valence-corrected chi connectivity index (χ0v) is 6.64. The zero-order valence-electron chi connectivity index (χ0n) is 5.88. The average Bonchev–Trinajstić information content (AvgIpc) is 1.88. The summed E-state index contributed by atoms with van der Waals surface area (Å²) < 4.78 is 0. The average molecular weight is 163 g/mol. The van der Waals surface area contributed by atoms with E-state index in [9.17, 15) is 4.79 Å². The number of carbonyl (C=O) groups is 1. The van der Waals surface area contributed by atoms with Gasteiger partial charge in [-0.05, 0) is 12.5 Å². The van der Waals surface area contributed by atoms with Gasteiger partial charge in [0.15, 0.2) is 0 Å². The van der Waals surface area contributed by atoms with Crippen LogP contribution in [0.25, 0.3) is 0 Å². The number of hydrogen-bond donors (Lipinski definition) is 1. The molecule has 0 aromatic rings. The molecule has 10 heavy (non-hydrogen) atoms. The highest BCUT2D eigenvalue weighted by Crippen LogP contribution is 1.92. The zero-order chi connectivity index (χ0) is 8.57. The van der Waals surface area contributed by atoms with E-state index in [4.69, 9.17) is 16.7 Å². The summed E-state index contributed by atoms with van der Waals surface area (Å²) >= 11 is 4.76. The Kier molecular flexibility index (Phi) is 9.86. The van der Waals surface area contributed by atoms with Crippen molar-refractivity contribution >= 4 is 17.6 Å². The Labute approximate surface area is 65.8 Å². The van der Waals surface area contributed by atoms with Gasteiger partial charge in [-0.2, -0.15) is 0 Å². The van der Waals surface area contributed by atoms with Gasteiger partial charge in [0.1, 0.15) is 0 Å². The number of carboxylic acids is 1. The third-order valence-electron chi connectivity index (χ3n) is 0.743. The van der Waals surface area contributed by atoms with Crippen molar-refractivity contribution in [2.75, 3.05) is 0 Å². The standard InChI is InChI=1S/C5H8O2.C2H3Cl/c1-3-4(2)5(6)7;1-2-3/h3-4H,1H2,2H3,(H,6,7);2H,1H2. The maximum absolute atomic E-state index is 9.86. The van der Waals surface area contributed by atoms with E-state index in [1.54, 1.807) is 6.92 Å².